The maximum absolute atomic E-state index is 5.51. The van der Waals surface area contributed by atoms with Crippen LogP contribution in [0.3, 0.4) is 0 Å². The standard InChI is InChI=1S/C8H19N3/c1-11-5-4-10-6-8(7-11)2-3-9/h8,10H,2-7,9H2,1H3. The summed E-state index contributed by atoms with van der Waals surface area (Å²) in [6.07, 6.45) is 1.15. The molecule has 0 aromatic heterocycles. The van der Waals surface area contributed by atoms with E-state index in [1.165, 1.54) is 13.1 Å². The van der Waals surface area contributed by atoms with Crippen LogP contribution in [0, 0.1) is 5.92 Å². The molecule has 66 valence electrons. The van der Waals surface area contributed by atoms with Gasteiger partial charge in [-0.25, -0.2) is 0 Å². The lowest BCUT2D eigenvalue weighted by atomic mass is 10.1. The first-order valence-electron chi connectivity index (χ1n) is 4.42. The van der Waals surface area contributed by atoms with Gasteiger partial charge in [0.1, 0.15) is 0 Å². The summed E-state index contributed by atoms with van der Waals surface area (Å²) in [7, 11) is 2.18. The van der Waals surface area contributed by atoms with Crippen LogP contribution in [0.4, 0.5) is 0 Å². The molecule has 11 heavy (non-hydrogen) atoms. The van der Waals surface area contributed by atoms with Crippen molar-refractivity contribution in [1.29, 1.82) is 0 Å². The predicted octanol–water partition coefficient (Wildman–Crippen LogP) is -0.514. The summed E-state index contributed by atoms with van der Waals surface area (Å²) in [4.78, 5) is 2.38. The second-order valence-corrected chi connectivity index (χ2v) is 3.41. The van der Waals surface area contributed by atoms with E-state index in [-0.39, 0.29) is 0 Å². The zero-order chi connectivity index (χ0) is 8.10. The zero-order valence-corrected chi connectivity index (χ0v) is 7.34. The lowest BCUT2D eigenvalue weighted by molar-refractivity contribution is 0.303. The van der Waals surface area contributed by atoms with Crippen LogP contribution >= 0.6 is 0 Å². The van der Waals surface area contributed by atoms with Crippen molar-refractivity contribution in [1.82, 2.24) is 10.2 Å². The molecule has 0 bridgehead atoms. The van der Waals surface area contributed by atoms with Crippen LogP contribution in [0.2, 0.25) is 0 Å². The molecule has 0 radical (unpaired) electrons. The fraction of sp³-hybridized carbons (Fsp3) is 1.00. The van der Waals surface area contributed by atoms with E-state index in [9.17, 15) is 0 Å². The number of hydrogen-bond donors (Lipinski definition) is 2. The summed E-state index contributed by atoms with van der Waals surface area (Å²) in [6.45, 7) is 5.45. The number of likely N-dealkylation sites (N-methyl/N-ethyl adjacent to an activating group) is 1. The van der Waals surface area contributed by atoms with Gasteiger partial charge in [-0.05, 0) is 32.5 Å². The highest BCUT2D eigenvalue weighted by Gasteiger charge is 2.13. The monoisotopic (exact) mass is 157 g/mol. The first-order chi connectivity index (χ1) is 5.33. The Morgan fingerprint density at radius 2 is 2.45 bits per heavy atom. The van der Waals surface area contributed by atoms with Crippen molar-refractivity contribution in [2.45, 2.75) is 6.42 Å². The van der Waals surface area contributed by atoms with Crippen LogP contribution in [0.15, 0.2) is 0 Å². The Hall–Kier alpha value is -0.120. The van der Waals surface area contributed by atoms with E-state index in [4.69, 9.17) is 5.73 Å². The third-order valence-corrected chi connectivity index (χ3v) is 2.25. The molecule has 1 aliphatic rings. The van der Waals surface area contributed by atoms with Crippen LogP contribution < -0.4 is 11.1 Å². The minimum Gasteiger partial charge on any atom is -0.330 e. The molecule has 1 unspecified atom stereocenters. The third kappa shape index (κ3) is 3.18. The first kappa shape index (κ1) is 8.97. The van der Waals surface area contributed by atoms with E-state index < -0.39 is 0 Å². The van der Waals surface area contributed by atoms with Crippen molar-refractivity contribution in [2.24, 2.45) is 11.7 Å². The molecule has 1 aliphatic heterocycles. The highest BCUT2D eigenvalue weighted by Crippen LogP contribution is 2.04. The van der Waals surface area contributed by atoms with E-state index >= 15 is 0 Å². The molecule has 0 saturated carbocycles. The quantitative estimate of drug-likeness (QED) is 0.567. The normalized spacial score (nSPS) is 28.4. The molecule has 1 rings (SSSR count). The summed E-state index contributed by atoms with van der Waals surface area (Å²) in [6, 6.07) is 0. The van der Waals surface area contributed by atoms with Crippen molar-refractivity contribution in [2.75, 3.05) is 39.8 Å². The van der Waals surface area contributed by atoms with Gasteiger partial charge in [0, 0.05) is 19.6 Å². The van der Waals surface area contributed by atoms with Gasteiger partial charge in [0.15, 0.2) is 0 Å². The Kier molecular flexibility index (Phi) is 3.83. The van der Waals surface area contributed by atoms with Crippen molar-refractivity contribution in [3.63, 3.8) is 0 Å². The van der Waals surface area contributed by atoms with Crippen LogP contribution in [0.1, 0.15) is 6.42 Å². The fourth-order valence-corrected chi connectivity index (χ4v) is 1.60. The van der Waals surface area contributed by atoms with Crippen molar-refractivity contribution < 1.29 is 0 Å². The highest BCUT2D eigenvalue weighted by atomic mass is 15.1. The minimum absolute atomic E-state index is 0.757. The number of hydrogen-bond acceptors (Lipinski definition) is 3. The number of rotatable bonds is 2. The van der Waals surface area contributed by atoms with Gasteiger partial charge < -0.3 is 16.0 Å². The topological polar surface area (TPSA) is 41.3 Å². The summed E-state index contributed by atoms with van der Waals surface area (Å²) in [5.41, 5.74) is 5.51. The van der Waals surface area contributed by atoms with Crippen molar-refractivity contribution in [3.05, 3.63) is 0 Å². The molecule has 1 saturated heterocycles. The van der Waals surface area contributed by atoms with Gasteiger partial charge in [-0.15, -0.1) is 0 Å². The summed E-state index contributed by atoms with van der Waals surface area (Å²) < 4.78 is 0. The van der Waals surface area contributed by atoms with Gasteiger partial charge >= 0.3 is 0 Å². The number of nitrogens with zero attached hydrogens (tertiary/aromatic N) is 1. The summed E-state index contributed by atoms with van der Waals surface area (Å²) >= 11 is 0. The van der Waals surface area contributed by atoms with Gasteiger partial charge in [-0.3, -0.25) is 0 Å². The lowest BCUT2D eigenvalue weighted by Crippen LogP contribution is -2.27. The van der Waals surface area contributed by atoms with Gasteiger partial charge in [0.25, 0.3) is 0 Å². The molecular formula is C8H19N3. The van der Waals surface area contributed by atoms with Crippen molar-refractivity contribution >= 4 is 0 Å². The molecule has 3 nitrogen and oxygen atoms in total. The van der Waals surface area contributed by atoms with Gasteiger partial charge in [0.05, 0.1) is 0 Å². The fourth-order valence-electron chi connectivity index (χ4n) is 1.60. The van der Waals surface area contributed by atoms with E-state index in [0.717, 1.165) is 32.0 Å². The van der Waals surface area contributed by atoms with E-state index in [2.05, 4.69) is 17.3 Å². The van der Waals surface area contributed by atoms with Crippen LogP contribution in [-0.2, 0) is 0 Å². The van der Waals surface area contributed by atoms with E-state index in [0.29, 0.717) is 0 Å². The Labute approximate surface area is 68.9 Å². The molecule has 0 amide bonds. The molecule has 1 fully saturated rings. The minimum atomic E-state index is 0.757. The molecule has 3 N–H and O–H groups in total. The van der Waals surface area contributed by atoms with Gasteiger partial charge in [-0.1, -0.05) is 0 Å². The molecule has 3 heteroatoms. The van der Waals surface area contributed by atoms with Crippen LogP contribution in [-0.4, -0.2) is 44.7 Å². The Bertz CT molecular complexity index is 106. The highest BCUT2D eigenvalue weighted by molar-refractivity contribution is 4.71. The predicted molar refractivity (Wildman–Crippen MR) is 47.5 cm³/mol. The second kappa shape index (κ2) is 4.70. The van der Waals surface area contributed by atoms with E-state index in [1.807, 2.05) is 0 Å². The molecule has 0 aromatic carbocycles. The summed E-state index contributed by atoms with van der Waals surface area (Å²) in [5.74, 6) is 0.757. The van der Waals surface area contributed by atoms with Crippen molar-refractivity contribution in [3.8, 4) is 0 Å². The van der Waals surface area contributed by atoms with Gasteiger partial charge in [-0.2, -0.15) is 0 Å². The Morgan fingerprint density at radius 3 is 3.18 bits per heavy atom. The SMILES string of the molecule is CN1CCNCC(CCN)C1. The van der Waals surface area contributed by atoms with E-state index in [1.54, 1.807) is 0 Å². The average molecular weight is 157 g/mol. The first-order valence-corrected chi connectivity index (χ1v) is 4.42. The third-order valence-electron chi connectivity index (χ3n) is 2.25. The maximum atomic E-state index is 5.51. The zero-order valence-electron chi connectivity index (χ0n) is 7.34. The number of nitrogens with two attached hydrogens (primary N) is 1. The Balaban J connectivity index is 2.27. The Morgan fingerprint density at radius 1 is 1.64 bits per heavy atom. The molecule has 0 aliphatic carbocycles. The maximum Gasteiger partial charge on any atom is 0.0104 e. The molecule has 0 spiro atoms. The largest absolute Gasteiger partial charge is 0.330 e. The molecule has 1 heterocycles. The number of nitrogens with one attached hydrogen (secondary N) is 1. The van der Waals surface area contributed by atoms with Crippen LogP contribution in [0.25, 0.3) is 0 Å². The molecule has 0 aromatic rings. The lowest BCUT2D eigenvalue weighted by Gasteiger charge is -2.18. The van der Waals surface area contributed by atoms with Gasteiger partial charge in [0.2, 0.25) is 0 Å². The molecule has 1 atom stereocenters. The molecular weight excluding hydrogens is 138 g/mol. The van der Waals surface area contributed by atoms with Crippen LogP contribution in [0.5, 0.6) is 0 Å². The second-order valence-electron chi connectivity index (χ2n) is 3.41. The smallest absolute Gasteiger partial charge is 0.0104 e. The average Bonchev–Trinajstić information content (AvgIpc) is 2.15. The summed E-state index contributed by atoms with van der Waals surface area (Å²) in [5, 5.41) is 3.42.